The summed E-state index contributed by atoms with van der Waals surface area (Å²) in [6, 6.07) is 11.4. The highest BCUT2D eigenvalue weighted by Crippen LogP contribution is 2.40. The Morgan fingerprint density at radius 2 is 1.16 bits per heavy atom. The Morgan fingerprint density at radius 3 is 1.71 bits per heavy atom. The van der Waals surface area contributed by atoms with Crippen LogP contribution in [0.25, 0.3) is 32.9 Å². The molecule has 0 bridgehead atoms. The number of hydrogen-bond donors (Lipinski definition) is 2. The van der Waals surface area contributed by atoms with Crippen LogP contribution in [0.15, 0.2) is 54.6 Å². The first-order valence-electron chi connectivity index (χ1n) is 9.06. The summed E-state index contributed by atoms with van der Waals surface area (Å²) in [7, 11) is 1.56. The van der Waals surface area contributed by atoms with Gasteiger partial charge in [-0.15, -0.1) is 0 Å². The topological polar surface area (TPSA) is 55.9 Å². The minimum atomic E-state index is -4.95. The number of alkyl halides is 6. The first kappa shape index (κ1) is 20.8. The van der Waals surface area contributed by atoms with Crippen LogP contribution in [0.1, 0.15) is 11.1 Å². The maximum absolute atomic E-state index is 13.4. The molecule has 0 saturated heterocycles. The number of aryl methyl sites for hydroxylation is 1. The Labute approximate surface area is 172 Å². The number of halogens is 6. The van der Waals surface area contributed by atoms with Crippen LogP contribution in [-0.4, -0.2) is 0 Å². The molecule has 0 unspecified atom stereocenters. The third-order valence-corrected chi connectivity index (χ3v) is 5.17. The summed E-state index contributed by atoms with van der Waals surface area (Å²) < 4.78 is 82.1. The van der Waals surface area contributed by atoms with Crippen LogP contribution in [0.4, 0.5) is 37.7 Å². The predicted octanol–water partition coefficient (Wildman–Crippen LogP) is 5.69. The number of aromatic nitrogens is 1. The van der Waals surface area contributed by atoms with E-state index in [0.29, 0.717) is 39.8 Å². The second kappa shape index (κ2) is 6.76. The van der Waals surface area contributed by atoms with Crippen molar-refractivity contribution in [2.45, 2.75) is 12.4 Å². The van der Waals surface area contributed by atoms with E-state index >= 15 is 0 Å². The van der Waals surface area contributed by atoms with Crippen LogP contribution in [0.2, 0.25) is 0 Å². The average Bonchev–Trinajstić information content (AvgIpc) is 2.66. The molecule has 1 aromatic heterocycles. The molecule has 4 N–H and O–H groups in total. The van der Waals surface area contributed by atoms with Crippen molar-refractivity contribution in [1.29, 1.82) is 0 Å². The Morgan fingerprint density at radius 1 is 0.645 bits per heavy atom. The standard InChI is InChI=1S/C22H15F6N3/c1-31-19-10-15(30)3-5-17(19)16-4-2-14(29)9-18(16)20(31)11-6-12(21(23,24)25)8-13(7-11)22(26,27)28/h2-10,30H,29H2,1H3/p+1. The lowest BCUT2D eigenvalue weighted by molar-refractivity contribution is -0.632. The van der Waals surface area contributed by atoms with Crippen LogP contribution in [0.3, 0.4) is 0 Å². The average molecular weight is 436 g/mol. The van der Waals surface area contributed by atoms with Crippen LogP contribution in [-0.2, 0) is 19.4 Å². The fourth-order valence-corrected chi connectivity index (χ4v) is 3.79. The zero-order chi connectivity index (χ0) is 22.7. The van der Waals surface area contributed by atoms with Crippen molar-refractivity contribution in [3.63, 3.8) is 0 Å². The Kier molecular flexibility index (Phi) is 4.53. The molecular formula is C22H16F6N3+. The van der Waals surface area contributed by atoms with E-state index in [-0.39, 0.29) is 17.3 Å². The van der Waals surface area contributed by atoms with Gasteiger partial charge in [0.2, 0.25) is 11.2 Å². The molecule has 0 saturated carbocycles. The van der Waals surface area contributed by atoms with Gasteiger partial charge in [0.25, 0.3) is 0 Å². The van der Waals surface area contributed by atoms with Gasteiger partial charge in [-0.3, -0.25) is 0 Å². The number of anilines is 2. The van der Waals surface area contributed by atoms with Crippen LogP contribution >= 0.6 is 0 Å². The van der Waals surface area contributed by atoms with Crippen molar-refractivity contribution in [3.05, 3.63) is 65.7 Å². The van der Waals surface area contributed by atoms with Crippen molar-refractivity contribution in [2.75, 3.05) is 11.5 Å². The van der Waals surface area contributed by atoms with E-state index < -0.39 is 23.5 Å². The fourth-order valence-electron chi connectivity index (χ4n) is 3.79. The molecule has 0 amide bonds. The SMILES string of the molecule is C[n+]1c(-c2cc(C(F)(F)F)cc(C(F)(F)F)c2)c2cc(N)ccc2c2ccc(N)cc21. The molecule has 160 valence electrons. The normalized spacial score (nSPS) is 12.6. The van der Waals surface area contributed by atoms with E-state index in [1.807, 2.05) is 0 Å². The number of nitrogen functional groups attached to an aromatic ring is 2. The van der Waals surface area contributed by atoms with Gasteiger partial charge in [0.05, 0.1) is 21.9 Å². The summed E-state index contributed by atoms with van der Waals surface area (Å²) in [6.45, 7) is 0. The molecule has 0 radical (unpaired) electrons. The zero-order valence-corrected chi connectivity index (χ0v) is 16.1. The van der Waals surface area contributed by atoms with E-state index in [9.17, 15) is 26.3 Å². The van der Waals surface area contributed by atoms with Crippen molar-refractivity contribution in [2.24, 2.45) is 7.05 Å². The van der Waals surface area contributed by atoms with Crippen molar-refractivity contribution in [1.82, 2.24) is 0 Å². The van der Waals surface area contributed by atoms with E-state index in [0.717, 1.165) is 5.39 Å². The summed E-state index contributed by atoms with van der Waals surface area (Å²) >= 11 is 0. The number of rotatable bonds is 1. The molecule has 9 heteroatoms. The lowest BCUT2D eigenvalue weighted by Crippen LogP contribution is -2.33. The molecule has 3 aromatic carbocycles. The summed E-state index contributed by atoms with van der Waals surface area (Å²) in [4.78, 5) is 0. The number of benzene rings is 3. The lowest BCUT2D eigenvalue weighted by atomic mass is 9.96. The summed E-state index contributed by atoms with van der Waals surface area (Å²) in [5.74, 6) is 0. The fraction of sp³-hybridized carbons (Fsp3) is 0.136. The molecule has 0 fully saturated rings. The highest BCUT2D eigenvalue weighted by atomic mass is 19.4. The molecule has 4 rings (SSSR count). The summed E-state index contributed by atoms with van der Waals surface area (Å²) in [5.41, 5.74) is 10.2. The molecule has 3 nitrogen and oxygen atoms in total. The summed E-state index contributed by atoms with van der Waals surface area (Å²) in [5, 5.41) is 1.79. The Hall–Kier alpha value is -3.49. The first-order chi connectivity index (χ1) is 14.4. The number of hydrogen-bond acceptors (Lipinski definition) is 2. The second-order valence-electron chi connectivity index (χ2n) is 7.28. The quantitative estimate of drug-likeness (QED) is 0.174. The first-order valence-corrected chi connectivity index (χ1v) is 9.06. The molecule has 0 atom stereocenters. The van der Waals surface area contributed by atoms with Crippen molar-refractivity contribution < 1.29 is 30.9 Å². The molecule has 4 aromatic rings. The smallest absolute Gasteiger partial charge is 0.399 e. The molecule has 1 heterocycles. The van der Waals surface area contributed by atoms with Gasteiger partial charge in [-0.25, -0.2) is 0 Å². The maximum Gasteiger partial charge on any atom is 0.416 e. The van der Waals surface area contributed by atoms with Crippen molar-refractivity contribution in [3.8, 4) is 11.3 Å². The number of fused-ring (bicyclic) bond motifs is 3. The van der Waals surface area contributed by atoms with Gasteiger partial charge in [-0.05, 0) is 42.5 Å². The Bertz CT molecular complexity index is 1310. The predicted molar refractivity (Wildman–Crippen MR) is 107 cm³/mol. The Balaban J connectivity index is 2.19. The van der Waals surface area contributed by atoms with E-state index in [1.165, 1.54) is 10.6 Å². The van der Waals surface area contributed by atoms with Crippen LogP contribution < -0.4 is 16.0 Å². The lowest BCUT2D eigenvalue weighted by Gasteiger charge is -2.15. The third-order valence-electron chi connectivity index (χ3n) is 5.17. The van der Waals surface area contributed by atoms with Gasteiger partial charge in [-0.2, -0.15) is 30.9 Å². The van der Waals surface area contributed by atoms with E-state index in [2.05, 4.69) is 0 Å². The van der Waals surface area contributed by atoms with Crippen LogP contribution in [0.5, 0.6) is 0 Å². The molecule has 31 heavy (non-hydrogen) atoms. The number of nitrogens with two attached hydrogens (primary N) is 2. The van der Waals surface area contributed by atoms with E-state index in [1.54, 1.807) is 37.4 Å². The van der Waals surface area contributed by atoms with Crippen molar-refractivity contribution >= 4 is 33.1 Å². The van der Waals surface area contributed by atoms with Gasteiger partial charge in [0, 0.05) is 28.4 Å². The highest BCUT2D eigenvalue weighted by Gasteiger charge is 2.38. The van der Waals surface area contributed by atoms with Crippen LogP contribution in [0, 0.1) is 0 Å². The second-order valence-corrected chi connectivity index (χ2v) is 7.28. The zero-order valence-electron chi connectivity index (χ0n) is 16.1. The van der Waals surface area contributed by atoms with Gasteiger partial charge in [0.15, 0.2) is 0 Å². The summed E-state index contributed by atoms with van der Waals surface area (Å²) in [6.07, 6.45) is -9.91. The maximum atomic E-state index is 13.4. The van der Waals surface area contributed by atoms with Gasteiger partial charge < -0.3 is 11.5 Å². The highest BCUT2D eigenvalue weighted by molar-refractivity contribution is 6.10. The molecule has 0 aliphatic rings. The molecule has 0 aliphatic heterocycles. The van der Waals surface area contributed by atoms with Gasteiger partial charge in [0.1, 0.15) is 7.05 Å². The monoisotopic (exact) mass is 436 g/mol. The number of nitrogens with zero attached hydrogens (tertiary/aromatic N) is 1. The van der Waals surface area contributed by atoms with Gasteiger partial charge >= 0.3 is 12.4 Å². The minimum absolute atomic E-state index is 0.110. The van der Waals surface area contributed by atoms with E-state index in [4.69, 9.17) is 11.5 Å². The molecule has 0 spiro atoms. The number of pyridine rings is 1. The third kappa shape index (κ3) is 3.60. The van der Waals surface area contributed by atoms with Gasteiger partial charge in [-0.1, -0.05) is 6.07 Å². The molecule has 0 aliphatic carbocycles. The molecular weight excluding hydrogens is 420 g/mol. The minimum Gasteiger partial charge on any atom is -0.399 e. The largest absolute Gasteiger partial charge is 0.416 e.